The number of nitrogens with one attached hydrogen (secondary N) is 1. The summed E-state index contributed by atoms with van der Waals surface area (Å²) in [5.74, 6) is -0.585. The molecule has 10 heteroatoms. The number of phosphoric acid groups is 1. The average molecular weight is 1130 g/mol. The Hall–Kier alpha value is -2.81. The molecule has 0 aliphatic carbocycles. The van der Waals surface area contributed by atoms with Crippen LogP contribution in [0, 0.1) is 0 Å². The van der Waals surface area contributed by atoms with Gasteiger partial charge in [0.05, 0.1) is 33.8 Å². The van der Waals surface area contributed by atoms with Gasteiger partial charge in [0.15, 0.2) is 0 Å². The van der Waals surface area contributed by atoms with Crippen LogP contribution >= 0.6 is 7.82 Å². The Bertz CT molecular complexity index is 1630. The van der Waals surface area contributed by atoms with E-state index in [1.807, 2.05) is 94.1 Å². The molecule has 0 heterocycles. The van der Waals surface area contributed by atoms with Gasteiger partial charge in [-0.25, -0.2) is 0 Å². The van der Waals surface area contributed by atoms with Crippen molar-refractivity contribution >= 4 is 19.7 Å². The number of rotatable bonds is 59. The van der Waals surface area contributed by atoms with Crippen LogP contribution in [0.2, 0.25) is 0 Å². The summed E-state index contributed by atoms with van der Waals surface area (Å²) < 4.78 is 30.3. The summed E-state index contributed by atoms with van der Waals surface area (Å²) in [4.78, 5) is 40.1. The highest BCUT2D eigenvalue weighted by molar-refractivity contribution is 7.45. The molecular weight excluding hydrogens is 1000 g/mol. The largest absolute Gasteiger partial charge is 0.756 e. The molecule has 458 valence electrons. The van der Waals surface area contributed by atoms with E-state index in [0.717, 1.165) is 64.2 Å². The lowest BCUT2D eigenvalue weighted by atomic mass is 10.0. The number of likely N-dealkylation sites (N-methyl/N-ethyl adjacent to an activating group) is 1. The number of nitrogens with zero attached hydrogens (tertiary/aromatic N) is 1. The number of allylic oxidation sites excluding steroid dienone is 13. The van der Waals surface area contributed by atoms with Gasteiger partial charge in [-0.1, -0.05) is 312 Å². The first kappa shape index (κ1) is 76.2. The van der Waals surface area contributed by atoms with Crippen molar-refractivity contribution in [3.05, 3.63) is 85.1 Å². The monoisotopic (exact) mass is 1120 g/mol. The van der Waals surface area contributed by atoms with Gasteiger partial charge in [0.2, 0.25) is 5.91 Å². The van der Waals surface area contributed by atoms with E-state index in [9.17, 15) is 19.0 Å². The molecule has 0 aromatic heterocycles. The average Bonchev–Trinajstić information content (AvgIpc) is 3.41. The maximum Gasteiger partial charge on any atom is 0.306 e. The van der Waals surface area contributed by atoms with E-state index in [1.54, 1.807) is 0 Å². The summed E-state index contributed by atoms with van der Waals surface area (Å²) in [5, 5.41) is 3.01. The van der Waals surface area contributed by atoms with Gasteiger partial charge in [0, 0.05) is 12.8 Å². The molecule has 0 aliphatic rings. The molecule has 1 N–H and O–H groups in total. The summed E-state index contributed by atoms with van der Waals surface area (Å²) in [6.07, 6.45) is 77.1. The Labute approximate surface area is 488 Å². The minimum Gasteiger partial charge on any atom is -0.756 e. The van der Waals surface area contributed by atoms with Gasteiger partial charge in [-0.05, 0) is 51.0 Å². The van der Waals surface area contributed by atoms with Gasteiger partial charge in [-0.2, -0.15) is 0 Å². The van der Waals surface area contributed by atoms with Crippen molar-refractivity contribution < 1.29 is 37.3 Å². The molecule has 0 radical (unpaired) electrons. The molecule has 0 aromatic rings. The third kappa shape index (κ3) is 59.6. The first-order valence-electron chi connectivity index (χ1n) is 33.0. The summed E-state index contributed by atoms with van der Waals surface area (Å²) in [6, 6.07) is -0.914. The zero-order chi connectivity index (χ0) is 57.9. The highest BCUT2D eigenvalue weighted by Crippen LogP contribution is 2.38. The molecule has 0 aromatic carbocycles. The van der Waals surface area contributed by atoms with Crippen LogP contribution in [0.1, 0.15) is 290 Å². The maximum absolute atomic E-state index is 13.5. The third-order valence-electron chi connectivity index (χ3n) is 14.5. The fourth-order valence-corrected chi connectivity index (χ4v) is 10.2. The summed E-state index contributed by atoms with van der Waals surface area (Å²) in [6.45, 7) is 6.69. The van der Waals surface area contributed by atoms with Gasteiger partial charge >= 0.3 is 5.97 Å². The summed E-state index contributed by atoms with van der Waals surface area (Å²) in [7, 11) is 1.15. The number of quaternary nitrogens is 1. The number of unbranched alkanes of at least 4 members (excludes halogenated alkanes) is 36. The van der Waals surface area contributed by atoms with E-state index >= 15 is 0 Å². The van der Waals surface area contributed by atoms with Gasteiger partial charge in [-0.3, -0.25) is 14.2 Å². The van der Waals surface area contributed by atoms with Crippen LogP contribution in [0.25, 0.3) is 0 Å². The van der Waals surface area contributed by atoms with Crippen molar-refractivity contribution in [3.63, 3.8) is 0 Å². The second-order valence-electron chi connectivity index (χ2n) is 23.4. The smallest absolute Gasteiger partial charge is 0.306 e. The number of carbonyl (C=O) groups is 2. The van der Waals surface area contributed by atoms with E-state index in [4.69, 9.17) is 13.8 Å². The van der Waals surface area contributed by atoms with Crippen molar-refractivity contribution in [2.75, 3.05) is 40.9 Å². The molecule has 79 heavy (non-hydrogen) atoms. The standard InChI is InChI=1S/C69H125N2O7P/c1-7-10-13-16-19-22-25-28-30-32-33-34-35-36-37-39-41-44-47-50-53-56-59-62-69(73)78-67(60-57-54-51-48-45-42-27-24-21-18-15-12-9-3)66(65-77-79(74,75)76-64-63-71(4,5)6)70-68(72)61-58-55-52-49-46-43-40-38-31-29-26-23-20-17-14-11-8-2/h11,14,17,20,23,26,29,31,38,40,43,46,57,60,66-67H,7-10,12-13,15-16,18-19,21-22,24-25,27-28,30,32-37,39,41-42,44-45,47-56,58-59,61-65H2,1-6H3,(H-,70,72,74,75)/b14-11-,20-17+,26-23+,31-29-,40-38+,46-43+,60-57-. The maximum atomic E-state index is 13.5. The molecule has 9 nitrogen and oxygen atoms in total. The molecule has 0 saturated carbocycles. The Balaban J connectivity index is 5.23. The fraction of sp³-hybridized carbons (Fsp3) is 0.768. The second kappa shape index (κ2) is 58.4. The lowest BCUT2D eigenvalue weighted by Crippen LogP contribution is -2.47. The quantitative estimate of drug-likeness (QED) is 0.0161. The Morgan fingerprint density at radius 3 is 1.23 bits per heavy atom. The van der Waals surface area contributed by atoms with Crippen molar-refractivity contribution in [1.29, 1.82) is 0 Å². The number of hydrogen-bond acceptors (Lipinski definition) is 7. The zero-order valence-corrected chi connectivity index (χ0v) is 53.2. The van der Waals surface area contributed by atoms with Crippen molar-refractivity contribution in [2.45, 2.75) is 303 Å². The highest BCUT2D eigenvalue weighted by Gasteiger charge is 2.27. The van der Waals surface area contributed by atoms with Gasteiger partial charge in [0.1, 0.15) is 19.3 Å². The van der Waals surface area contributed by atoms with Crippen LogP contribution in [0.3, 0.4) is 0 Å². The lowest BCUT2D eigenvalue weighted by Gasteiger charge is -2.30. The van der Waals surface area contributed by atoms with Crippen LogP contribution in [-0.4, -0.2) is 69.4 Å². The topological polar surface area (TPSA) is 114 Å². The van der Waals surface area contributed by atoms with Crippen LogP contribution in [0.4, 0.5) is 0 Å². The zero-order valence-electron chi connectivity index (χ0n) is 52.3. The van der Waals surface area contributed by atoms with Crippen molar-refractivity contribution in [3.8, 4) is 0 Å². The third-order valence-corrected chi connectivity index (χ3v) is 15.5. The molecule has 0 fully saturated rings. The molecule has 0 saturated heterocycles. The molecule has 0 aliphatic heterocycles. The molecule has 1 amide bonds. The van der Waals surface area contributed by atoms with Gasteiger partial charge in [0.25, 0.3) is 7.82 Å². The SMILES string of the molecule is CC\C=C/C=C/C=C/C=C\C=C\C=C\CCCCCC(=O)NC(COP(=O)([O-])OCC[N+](C)(C)C)C(/C=C\CCCCCCCCCCCCC)OC(=O)CCCCCCCCCCCCCCCCCCCCCCCCC. The lowest BCUT2D eigenvalue weighted by molar-refractivity contribution is -0.870. The number of amides is 1. The van der Waals surface area contributed by atoms with Crippen LogP contribution in [0.5, 0.6) is 0 Å². The van der Waals surface area contributed by atoms with Crippen molar-refractivity contribution in [1.82, 2.24) is 5.32 Å². The molecule has 0 rings (SSSR count). The highest BCUT2D eigenvalue weighted by atomic mass is 31.2. The predicted molar refractivity (Wildman–Crippen MR) is 339 cm³/mol. The number of phosphoric ester groups is 1. The predicted octanol–water partition coefficient (Wildman–Crippen LogP) is 19.9. The van der Waals surface area contributed by atoms with Crippen LogP contribution < -0.4 is 10.2 Å². The fourth-order valence-electron chi connectivity index (χ4n) is 9.44. The van der Waals surface area contributed by atoms with E-state index in [2.05, 4.69) is 38.2 Å². The van der Waals surface area contributed by atoms with Crippen LogP contribution in [0.15, 0.2) is 85.1 Å². The van der Waals surface area contributed by atoms with E-state index in [1.165, 1.54) is 186 Å². The van der Waals surface area contributed by atoms with Crippen molar-refractivity contribution in [2.24, 2.45) is 0 Å². The van der Waals surface area contributed by atoms with E-state index in [-0.39, 0.29) is 31.3 Å². The number of ether oxygens (including phenoxy) is 1. The minimum absolute atomic E-state index is 0.0338. The number of hydrogen-bond donors (Lipinski definition) is 1. The minimum atomic E-state index is -4.72. The van der Waals surface area contributed by atoms with Gasteiger partial charge < -0.3 is 28.5 Å². The van der Waals surface area contributed by atoms with Crippen LogP contribution in [-0.2, 0) is 27.9 Å². The first-order valence-corrected chi connectivity index (χ1v) is 34.4. The summed E-state index contributed by atoms with van der Waals surface area (Å²) >= 11 is 0. The van der Waals surface area contributed by atoms with E-state index < -0.39 is 26.6 Å². The Kier molecular flexibility index (Phi) is 56.3. The molecular formula is C69H125N2O7P. The number of esters is 1. The molecule has 0 bridgehead atoms. The Morgan fingerprint density at radius 1 is 0.456 bits per heavy atom. The molecule has 3 unspecified atom stereocenters. The Morgan fingerprint density at radius 2 is 0.810 bits per heavy atom. The molecule has 3 atom stereocenters. The van der Waals surface area contributed by atoms with Gasteiger partial charge in [-0.15, -0.1) is 0 Å². The number of carbonyl (C=O) groups excluding carboxylic acids is 2. The first-order chi connectivity index (χ1) is 38.4. The normalized spacial score (nSPS) is 14.2. The van der Waals surface area contributed by atoms with E-state index in [0.29, 0.717) is 17.4 Å². The molecule has 0 spiro atoms. The second-order valence-corrected chi connectivity index (χ2v) is 24.8. The summed E-state index contributed by atoms with van der Waals surface area (Å²) in [5.41, 5.74) is 0.